The molecule has 5 nitrogen and oxygen atoms in total. The van der Waals surface area contributed by atoms with Crippen molar-refractivity contribution in [1.82, 2.24) is 25.1 Å². The molecule has 2 aromatic heterocycles. The third-order valence-corrected chi connectivity index (χ3v) is 2.53. The summed E-state index contributed by atoms with van der Waals surface area (Å²) in [6, 6.07) is 1.94. The minimum absolute atomic E-state index is 0.828. The standard InChI is InChI=1S/C11H17N5/c1-10-11(14-9-13-10)8-12-4-2-6-16-7-3-5-15-16/h3,5,7,9,12H,2,4,6,8H2,1H3,(H,13,14). The van der Waals surface area contributed by atoms with Crippen molar-refractivity contribution in [2.45, 2.75) is 26.4 Å². The minimum atomic E-state index is 0.828. The molecule has 0 radical (unpaired) electrons. The van der Waals surface area contributed by atoms with Crippen LogP contribution in [0.15, 0.2) is 24.8 Å². The van der Waals surface area contributed by atoms with Crippen molar-refractivity contribution < 1.29 is 0 Å². The summed E-state index contributed by atoms with van der Waals surface area (Å²) in [6.07, 6.45) is 6.60. The van der Waals surface area contributed by atoms with Crippen molar-refractivity contribution in [2.75, 3.05) is 6.54 Å². The maximum absolute atomic E-state index is 4.23. The van der Waals surface area contributed by atoms with Crippen LogP contribution in [0.2, 0.25) is 0 Å². The van der Waals surface area contributed by atoms with Crippen molar-refractivity contribution in [1.29, 1.82) is 0 Å². The normalized spacial score (nSPS) is 10.8. The van der Waals surface area contributed by atoms with Crippen LogP contribution in [0.25, 0.3) is 0 Å². The summed E-state index contributed by atoms with van der Waals surface area (Å²) in [5.41, 5.74) is 2.23. The molecule has 2 aromatic rings. The summed E-state index contributed by atoms with van der Waals surface area (Å²) in [4.78, 5) is 7.29. The molecule has 86 valence electrons. The van der Waals surface area contributed by atoms with Gasteiger partial charge in [-0.1, -0.05) is 0 Å². The van der Waals surface area contributed by atoms with Crippen LogP contribution in [0.1, 0.15) is 17.8 Å². The van der Waals surface area contributed by atoms with E-state index in [9.17, 15) is 0 Å². The van der Waals surface area contributed by atoms with E-state index in [0.29, 0.717) is 0 Å². The lowest BCUT2D eigenvalue weighted by atomic mass is 10.3. The van der Waals surface area contributed by atoms with E-state index in [0.717, 1.165) is 37.4 Å². The van der Waals surface area contributed by atoms with Crippen LogP contribution < -0.4 is 5.32 Å². The highest BCUT2D eigenvalue weighted by atomic mass is 15.3. The molecule has 0 amide bonds. The van der Waals surface area contributed by atoms with Crippen molar-refractivity contribution >= 4 is 0 Å². The average molecular weight is 219 g/mol. The number of nitrogens with zero attached hydrogens (tertiary/aromatic N) is 3. The first-order valence-corrected chi connectivity index (χ1v) is 5.53. The zero-order valence-electron chi connectivity index (χ0n) is 9.48. The molecule has 0 spiro atoms. The van der Waals surface area contributed by atoms with Crippen LogP contribution >= 0.6 is 0 Å². The van der Waals surface area contributed by atoms with Gasteiger partial charge in [-0.2, -0.15) is 5.10 Å². The Balaban J connectivity index is 1.61. The molecule has 2 rings (SSSR count). The fraction of sp³-hybridized carbons (Fsp3) is 0.455. The molecular formula is C11H17N5. The zero-order chi connectivity index (χ0) is 11.2. The van der Waals surface area contributed by atoms with Gasteiger partial charge in [-0.15, -0.1) is 0 Å². The molecule has 5 heteroatoms. The number of hydrogen-bond acceptors (Lipinski definition) is 3. The summed E-state index contributed by atoms with van der Waals surface area (Å²) >= 11 is 0. The topological polar surface area (TPSA) is 58.5 Å². The van der Waals surface area contributed by atoms with Gasteiger partial charge in [0.05, 0.1) is 12.0 Å². The molecule has 0 bridgehead atoms. The predicted molar refractivity (Wildman–Crippen MR) is 61.9 cm³/mol. The van der Waals surface area contributed by atoms with Crippen molar-refractivity contribution in [3.63, 3.8) is 0 Å². The van der Waals surface area contributed by atoms with E-state index in [2.05, 4.69) is 20.4 Å². The van der Waals surface area contributed by atoms with Crippen LogP contribution in [0.3, 0.4) is 0 Å². The highest BCUT2D eigenvalue weighted by Crippen LogP contribution is 1.99. The highest BCUT2D eigenvalue weighted by molar-refractivity contribution is 5.07. The lowest BCUT2D eigenvalue weighted by Crippen LogP contribution is -2.17. The van der Waals surface area contributed by atoms with E-state index in [4.69, 9.17) is 0 Å². The van der Waals surface area contributed by atoms with E-state index in [-0.39, 0.29) is 0 Å². The molecule has 0 aliphatic carbocycles. The second-order valence-corrected chi connectivity index (χ2v) is 3.77. The number of nitrogens with one attached hydrogen (secondary N) is 2. The van der Waals surface area contributed by atoms with Crippen LogP contribution in [0, 0.1) is 6.92 Å². The van der Waals surface area contributed by atoms with Crippen LogP contribution in [-0.2, 0) is 13.1 Å². The molecule has 0 aromatic carbocycles. The number of imidazole rings is 1. The number of H-pyrrole nitrogens is 1. The van der Waals surface area contributed by atoms with Crippen molar-refractivity contribution in [3.8, 4) is 0 Å². The van der Waals surface area contributed by atoms with Crippen LogP contribution in [0.5, 0.6) is 0 Å². The second kappa shape index (κ2) is 5.46. The maximum atomic E-state index is 4.23. The first-order chi connectivity index (χ1) is 7.86. The Morgan fingerprint density at radius 3 is 3.12 bits per heavy atom. The van der Waals surface area contributed by atoms with Gasteiger partial charge in [0.25, 0.3) is 0 Å². The summed E-state index contributed by atoms with van der Waals surface area (Å²) in [6.45, 7) is 4.80. The minimum Gasteiger partial charge on any atom is -0.348 e. The highest BCUT2D eigenvalue weighted by Gasteiger charge is 1.99. The van der Waals surface area contributed by atoms with Gasteiger partial charge in [-0.05, 0) is 26.0 Å². The Kier molecular flexibility index (Phi) is 3.71. The third kappa shape index (κ3) is 2.93. The first-order valence-electron chi connectivity index (χ1n) is 5.53. The second-order valence-electron chi connectivity index (χ2n) is 3.77. The summed E-state index contributed by atoms with van der Waals surface area (Å²) < 4.78 is 1.95. The number of aryl methyl sites for hydroxylation is 2. The number of hydrogen-bond donors (Lipinski definition) is 2. The Morgan fingerprint density at radius 1 is 1.50 bits per heavy atom. The van der Waals surface area contributed by atoms with Crippen LogP contribution in [0.4, 0.5) is 0 Å². The van der Waals surface area contributed by atoms with Gasteiger partial charge in [0, 0.05) is 31.2 Å². The molecule has 0 saturated carbocycles. The van der Waals surface area contributed by atoms with Gasteiger partial charge in [0.2, 0.25) is 0 Å². The van der Waals surface area contributed by atoms with E-state index in [1.807, 2.05) is 23.9 Å². The van der Waals surface area contributed by atoms with Gasteiger partial charge in [0.15, 0.2) is 0 Å². The molecule has 0 unspecified atom stereocenters. The quantitative estimate of drug-likeness (QED) is 0.715. The van der Waals surface area contributed by atoms with E-state index in [1.54, 1.807) is 12.5 Å². The summed E-state index contributed by atoms with van der Waals surface area (Å²) in [5.74, 6) is 0. The van der Waals surface area contributed by atoms with Gasteiger partial charge in [0.1, 0.15) is 0 Å². The number of rotatable bonds is 6. The van der Waals surface area contributed by atoms with Gasteiger partial charge in [-0.3, -0.25) is 4.68 Å². The van der Waals surface area contributed by atoms with Gasteiger partial charge >= 0.3 is 0 Å². The molecule has 2 N–H and O–H groups in total. The molecule has 0 atom stereocenters. The molecule has 16 heavy (non-hydrogen) atoms. The van der Waals surface area contributed by atoms with Gasteiger partial charge in [-0.25, -0.2) is 4.98 Å². The molecule has 2 heterocycles. The number of aromatic amines is 1. The van der Waals surface area contributed by atoms with Crippen molar-refractivity contribution in [3.05, 3.63) is 36.2 Å². The lowest BCUT2D eigenvalue weighted by molar-refractivity contribution is 0.541. The van der Waals surface area contributed by atoms with E-state index < -0.39 is 0 Å². The average Bonchev–Trinajstić information content (AvgIpc) is 2.90. The summed E-state index contributed by atoms with van der Waals surface area (Å²) in [7, 11) is 0. The lowest BCUT2D eigenvalue weighted by Gasteiger charge is -2.04. The Morgan fingerprint density at radius 2 is 2.44 bits per heavy atom. The molecule has 0 fully saturated rings. The first kappa shape index (κ1) is 10.9. The molecule has 0 aliphatic heterocycles. The molecule has 0 aliphatic rings. The third-order valence-electron chi connectivity index (χ3n) is 2.53. The van der Waals surface area contributed by atoms with E-state index >= 15 is 0 Å². The Hall–Kier alpha value is -1.62. The largest absolute Gasteiger partial charge is 0.348 e. The zero-order valence-corrected chi connectivity index (χ0v) is 9.48. The maximum Gasteiger partial charge on any atom is 0.0925 e. The molecular weight excluding hydrogens is 202 g/mol. The fourth-order valence-electron chi connectivity index (χ4n) is 1.57. The van der Waals surface area contributed by atoms with Gasteiger partial charge < -0.3 is 10.3 Å². The monoisotopic (exact) mass is 219 g/mol. The van der Waals surface area contributed by atoms with Crippen LogP contribution in [-0.4, -0.2) is 26.3 Å². The Bertz CT molecular complexity index is 404. The summed E-state index contributed by atoms with van der Waals surface area (Å²) in [5, 5.41) is 7.52. The predicted octanol–water partition coefficient (Wildman–Crippen LogP) is 1.09. The van der Waals surface area contributed by atoms with E-state index in [1.165, 1.54) is 0 Å². The Labute approximate surface area is 94.9 Å². The smallest absolute Gasteiger partial charge is 0.0925 e. The fourth-order valence-corrected chi connectivity index (χ4v) is 1.57. The number of aromatic nitrogens is 4. The SMILES string of the molecule is Cc1[nH]cnc1CNCCCn1cccn1. The van der Waals surface area contributed by atoms with Crippen molar-refractivity contribution in [2.24, 2.45) is 0 Å². The molecule has 0 saturated heterocycles.